The highest BCUT2D eigenvalue weighted by molar-refractivity contribution is 5.81. The molecule has 1 saturated heterocycles. The van der Waals surface area contributed by atoms with Gasteiger partial charge in [-0.3, -0.25) is 9.59 Å². The predicted molar refractivity (Wildman–Crippen MR) is 72.2 cm³/mol. The van der Waals surface area contributed by atoms with Crippen LogP contribution in [0.4, 0.5) is 5.95 Å². The third-order valence-corrected chi connectivity index (χ3v) is 3.46. The summed E-state index contributed by atoms with van der Waals surface area (Å²) < 4.78 is 0. The van der Waals surface area contributed by atoms with Crippen LogP contribution in [0, 0.1) is 5.92 Å². The van der Waals surface area contributed by atoms with Gasteiger partial charge in [0, 0.05) is 32.5 Å². The van der Waals surface area contributed by atoms with Crippen LogP contribution in [-0.2, 0) is 9.59 Å². The molecule has 0 spiro atoms. The third-order valence-electron chi connectivity index (χ3n) is 3.46. The van der Waals surface area contributed by atoms with E-state index in [9.17, 15) is 9.59 Å². The van der Waals surface area contributed by atoms with Gasteiger partial charge in [0.2, 0.25) is 11.9 Å². The molecule has 1 N–H and O–H groups in total. The number of anilines is 1. The number of aromatic nitrogens is 2. The molecule has 1 amide bonds. The first-order valence-corrected chi connectivity index (χ1v) is 6.56. The quantitative estimate of drug-likeness (QED) is 0.848. The summed E-state index contributed by atoms with van der Waals surface area (Å²) in [5.41, 5.74) is 0. The molecule has 0 saturated carbocycles. The second-order valence-corrected chi connectivity index (χ2v) is 4.90. The molecule has 0 aliphatic carbocycles. The van der Waals surface area contributed by atoms with Crippen LogP contribution in [0.3, 0.4) is 0 Å². The van der Waals surface area contributed by atoms with E-state index in [2.05, 4.69) is 9.97 Å². The van der Waals surface area contributed by atoms with E-state index in [4.69, 9.17) is 5.11 Å². The minimum atomic E-state index is -0.771. The number of hydrogen-bond acceptors (Lipinski definition) is 5. The Balaban J connectivity index is 1.85. The summed E-state index contributed by atoms with van der Waals surface area (Å²) >= 11 is 0. The number of likely N-dealkylation sites (tertiary alicyclic amines) is 1. The zero-order valence-corrected chi connectivity index (χ0v) is 11.4. The zero-order chi connectivity index (χ0) is 14.5. The van der Waals surface area contributed by atoms with Gasteiger partial charge in [0.05, 0.1) is 12.5 Å². The zero-order valence-electron chi connectivity index (χ0n) is 11.4. The fraction of sp³-hybridized carbons (Fsp3) is 0.538. The van der Waals surface area contributed by atoms with Gasteiger partial charge in [-0.15, -0.1) is 0 Å². The van der Waals surface area contributed by atoms with Crippen molar-refractivity contribution in [2.75, 3.05) is 31.6 Å². The molecule has 2 heterocycles. The van der Waals surface area contributed by atoms with Gasteiger partial charge in [-0.25, -0.2) is 9.97 Å². The van der Waals surface area contributed by atoms with Gasteiger partial charge in [-0.2, -0.15) is 0 Å². The number of carbonyl (C=O) groups excluding carboxylic acids is 1. The van der Waals surface area contributed by atoms with Gasteiger partial charge >= 0.3 is 5.97 Å². The molecule has 2 rings (SSSR count). The van der Waals surface area contributed by atoms with E-state index in [1.807, 2.05) is 0 Å². The van der Waals surface area contributed by atoms with Crippen molar-refractivity contribution in [3.05, 3.63) is 18.5 Å². The molecule has 0 bridgehead atoms. The number of carboxylic acid groups (broad SMARTS) is 1. The Morgan fingerprint density at radius 1 is 1.35 bits per heavy atom. The maximum atomic E-state index is 12.1. The molecule has 0 aromatic carbocycles. The molecule has 1 aliphatic rings. The molecule has 1 fully saturated rings. The van der Waals surface area contributed by atoms with Crippen LogP contribution in [0.5, 0.6) is 0 Å². The molecule has 0 atom stereocenters. The first-order chi connectivity index (χ1) is 9.58. The largest absolute Gasteiger partial charge is 0.481 e. The number of amides is 1. The molecule has 1 aromatic rings. The average Bonchev–Trinajstić information content (AvgIpc) is 2.48. The maximum Gasteiger partial charge on any atom is 0.306 e. The molecular formula is C13H18N4O3. The lowest BCUT2D eigenvalue weighted by Gasteiger charge is -2.31. The number of rotatable bonds is 4. The fourth-order valence-corrected chi connectivity index (χ4v) is 2.24. The minimum absolute atomic E-state index is 0.0243. The molecule has 20 heavy (non-hydrogen) atoms. The summed E-state index contributed by atoms with van der Waals surface area (Å²) in [5.74, 6) is -0.619. The maximum absolute atomic E-state index is 12.1. The Bertz CT molecular complexity index is 472. The van der Waals surface area contributed by atoms with Crippen LogP contribution in [0.15, 0.2) is 18.5 Å². The van der Waals surface area contributed by atoms with E-state index in [-0.39, 0.29) is 18.4 Å². The van der Waals surface area contributed by atoms with E-state index in [0.717, 1.165) is 0 Å². The highest BCUT2D eigenvalue weighted by Crippen LogP contribution is 2.17. The van der Waals surface area contributed by atoms with Crippen molar-refractivity contribution in [3.8, 4) is 0 Å². The van der Waals surface area contributed by atoms with E-state index >= 15 is 0 Å². The van der Waals surface area contributed by atoms with E-state index in [0.29, 0.717) is 31.9 Å². The molecular weight excluding hydrogens is 260 g/mol. The molecule has 1 aliphatic heterocycles. The van der Waals surface area contributed by atoms with Crippen molar-refractivity contribution in [3.63, 3.8) is 0 Å². The highest BCUT2D eigenvalue weighted by Gasteiger charge is 2.27. The molecule has 7 heteroatoms. The summed E-state index contributed by atoms with van der Waals surface area (Å²) in [5, 5.41) is 8.93. The van der Waals surface area contributed by atoms with E-state index < -0.39 is 5.97 Å². The molecule has 0 unspecified atom stereocenters. The number of piperidine rings is 1. The summed E-state index contributed by atoms with van der Waals surface area (Å²) in [6.45, 7) is 1.19. The van der Waals surface area contributed by atoms with Gasteiger partial charge in [0.1, 0.15) is 0 Å². The van der Waals surface area contributed by atoms with Crippen LogP contribution in [0.2, 0.25) is 0 Å². The Morgan fingerprint density at radius 3 is 2.50 bits per heavy atom. The Kier molecular flexibility index (Phi) is 4.49. The Hall–Kier alpha value is -2.18. The van der Waals surface area contributed by atoms with E-state index in [1.54, 1.807) is 35.3 Å². The van der Waals surface area contributed by atoms with Crippen LogP contribution >= 0.6 is 0 Å². The summed E-state index contributed by atoms with van der Waals surface area (Å²) in [4.78, 5) is 34.6. The van der Waals surface area contributed by atoms with Crippen LogP contribution in [-0.4, -0.2) is 58.5 Å². The fourth-order valence-electron chi connectivity index (χ4n) is 2.24. The van der Waals surface area contributed by atoms with Gasteiger partial charge in [0.25, 0.3) is 0 Å². The van der Waals surface area contributed by atoms with Crippen molar-refractivity contribution in [2.24, 2.45) is 5.92 Å². The monoisotopic (exact) mass is 278 g/mol. The molecule has 108 valence electrons. The van der Waals surface area contributed by atoms with Crippen molar-refractivity contribution >= 4 is 17.8 Å². The first kappa shape index (κ1) is 14.2. The first-order valence-electron chi connectivity index (χ1n) is 6.56. The summed E-state index contributed by atoms with van der Waals surface area (Å²) in [6.07, 6.45) is 4.29. The van der Waals surface area contributed by atoms with Crippen molar-refractivity contribution < 1.29 is 14.7 Å². The number of carboxylic acids is 1. The van der Waals surface area contributed by atoms with Crippen LogP contribution in [0.1, 0.15) is 12.8 Å². The van der Waals surface area contributed by atoms with Crippen molar-refractivity contribution in [2.45, 2.75) is 12.8 Å². The SMILES string of the molecule is CN(CC(=O)N1CCC(C(=O)O)CC1)c1ncccn1. The van der Waals surface area contributed by atoms with Gasteiger partial charge < -0.3 is 14.9 Å². The second kappa shape index (κ2) is 6.31. The smallest absolute Gasteiger partial charge is 0.306 e. The summed E-state index contributed by atoms with van der Waals surface area (Å²) in [7, 11) is 1.76. The van der Waals surface area contributed by atoms with Gasteiger partial charge in [-0.05, 0) is 18.9 Å². The lowest BCUT2D eigenvalue weighted by molar-refractivity contribution is -0.145. The second-order valence-electron chi connectivity index (χ2n) is 4.90. The highest BCUT2D eigenvalue weighted by atomic mass is 16.4. The predicted octanol–water partition coefficient (Wildman–Crippen LogP) is 0.236. The van der Waals surface area contributed by atoms with Crippen LogP contribution < -0.4 is 4.90 Å². The number of nitrogens with zero attached hydrogens (tertiary/aromatic N) is 4. The molecule has 7 nitrogen and oxygen atoms in total. The standard InChI is InChI=1S/C13H18N4O3/c1-16(13-14-5-2-6-15-13)9-11(18)17-7-3-10(4-8-17)12(19)20/h2,5-6,10H,3-4,7-9H2,1H3,(H,19,20). The van der Waals surface area contributed by atoms with Gasteiger partial charge in [-0.1, -0.05) is 0 Å². The molecule has 1 aromatic heterocycles. The number of carbonyl (C=O) groups is 2. The van der Waals surface area contributed by atoms with Crippen molar-refractivity contribution in [1.29, 1.82) is 0 Å². The van der Waals surface area contributed by atoms with Gasteiger partial charge in [0.15, 0.2) is 0 Å². The average molecular weight is 278 g/mol. The Labute approximate surface area is 117 Å². The lowest BCUT2D eigenvalue weighted by Crippen LogP contribution is -2.44. The van der Waals surface area contributed by atoms with Crippen LogP contribution in [0.25, 0.3) is 0 Å². The normalized spacial score (nSPS) is 15.9. The Morgan fingerprint density at radius 2 is 1.95 bits per heavy atom. The third kappa shape index (κ3) is 3.43. The number of likely N-dealkylation sites (N-methyl/N-ethyl adjacent to an activating group) is 1. The summed E-state index contributed by atoms with van der Waals surface area (Å²) in [6, 6.07) is 1.72. The number of aliphatic carboxylic acids is 1. The number of hydrogen-bond donors (Lipinski definition) is 1. The van der Waals surface area contributed by atoms with E-state index in [1.165, 1.54) is 0 Å². The topological polar surface area (TPSA) is 86.6 Å². The minimum Gasteiger partial charge on any atom is -0.481 e. The lowest BCUT2D eigenvalue weighted by atomic mass is 9.97. The molecule has 0 radical (unpaired) electrons. The van der Waals surface area contributed by atoms with Crippen molar-refractivity contribution in [1.82, 2.24) is 14.9 Å².